The highest BCUT2D eigenvalue weighted by atomic mass is 16.5. The Kier molecular flexibility index (Phi) is 6.89. The molecule has 1 saturated heterocycles. The van der Waals surface area contributed by atoms with Gasteiger partial charge < -0.3 is 19.7 Å². The van der Waals surface area contributed by atoms with E-state index in [9.17, 15) is 9.59 Å². The third kappa shape index (κ3) is 5.85. The summed E-state index contributed by atoms with van der Waals surface area (Å²) in [6.07, 6.45) is 5.36. The van der Waals surface area contributed by atoms with Crippen LogP contribution in [0.15, 0.2) is 48.5 Å². The summed E-state index contributed by atoms with van der Waals surface area (Å²) in [4.78, 5) is 26.3. The van der Waals surface area contributed by atoms with Crippen molar-refractivity contribution >= 4 is 29.3 Å². The van der Waals surface area contributed by atoms with Crippen LogP contribution < -0.4 is 15.0 Å². The van der Waals surface area contributed by atoms with Gasteiger partial charge in [-0.05, 0) is 67.3 Å². The number of rotatable bonds is 7. The number of ether oxygens (including phenoxy) is 2. The van der Waals surface area contributed by atoms with Crippen LogP contribution in [0.1, 0.15) is 24.0 Å². The zero-order chi connectivity index (χ0) is 20.6. The van der Waals surface area contributed by atoms with Crippen LogP contribution in [0, 0.1) is 6.92 Å². The molecule has 0 unspecified atom stereocenters. The molecule has 0 spiro atoms. The number of benzene rings is 2. The van der Waals surface area contributed by atoms with Crippen molar-refractivity contribution in [3.8, 4) is 5.75 Å². The fourth-order valence-corrected chi connectivity index (χ4v) is 3.21. The van der Waals surface area contributed by atoms with E-state index in [0.717, 1.165) is 35.7 Å². The minimum Gasteiger partial charge on any atom is -0.497 e. The molecule has 0 atom stereocenters. The molecule has 2 aromatic carbocycles. The topological polar surface area (TPSA) is 67.9 Å². The predicted octanol–water partition coefficient (Wildman–Crippen LogP) is 3.80. The number of anilines is 2. The van der Waals surface area contributed by atoms with Crippen molar-refractivity contribution in [1.82, 2.24) is 0 Å². The number of hydrogen-bond donors (Lipinski definition) is 1. The molecule has 1 heterocycles. The maximum atomic E-state index is 12.1. The minimum absolute atomic E-state index is 0.334. The Morgan fingerprint density at radius 3 is 2.48 bits per heavy atom. The first-order valence-corrected chi connectivity index (χ1v) is 9.69. The third-order valence-electron chi connectivity index (χ3n) is 4.83. The van der Waals surface area contributed by atoms with Gasteiger partial charge in [-0.3, -0.25) is 4.79 Å². The summed E-state index contributed by atoms with van der Waals surface area (Å²) in [5, 5.41) is 2.80. The van der Waals surface area contributed by atoms with Gasteiger partial charge >= 0.3 is 5.97 Å². The quantitative estimate of drug-likeness (QED) is 0.572. The lowest BCUT2D eigenvalue weighted by Gasteiger charge is -2.19. The van der Waals surface area contributed by atoms with Gasteiger partial charge in [0.2, 0.25) is 0 Å². The molecule has 0 aliphatic carbocycles. The average molecular weight is 394 g/mol. The van der Waals surface area contributed by atoms with E-state index in [1.807, 2.05) is 31.2 Å². The van der Waals surface area contributed by atoms with Gasteiger partial charge in [0.05, 0.1) is 7.11 Å². The van der Waals surface area contributed by atoms with E-state index in [0.29, 0.717) is 0 Å². The van der Waals surface area contributed by atoms with Gasteiger partial charge in [0.15, 0.2) is 6.61 Å². The summed E-state index contributed by atoms with van der Waals surface area (Å²) >= 11 is 0. The van der Waals surface area contributed by atoms with Crippen LogP contribution in [0.3, 0.4) is 0 Å². The van der Waals surface area contributed by atoms with Gasteiger partial charge in [-0.15, -0.1) is 0 Å². The van der Waals surface area contributed by atoms with E-state index in [2.05, 4.69) is 16.3 Å². The number of carbonyl (C=O) groups excluding carboxylic acids is 2. The summed E-state index contributed by atoms with van der Waals surface area (Å²) < 4.78 is 10.1. The number of aryl methyl sites for hydroxylation is 1. The zero-order valence-electron chi connectivity index (χ0n) is 16.8. The Morgan fingerprint density at radius 1 is 1.10 bits per heavy atom. The summed E-state index contributed by atoms with van der Waals surface area (Å²) in [7, 11) is 1.59. The number of amides is 1. The lowest BCUT2D eigenvalue weighted by molar-refractivity contribution is -0.142. The lowest BCUT2D eigenvalue weighted by atomic mass is 10.1. The summed E-state index contributed by atoms with van der Waals surface area (Å²) in [5.74, 6) is -0.199. The maximum Gasteiger partial charge on any atom is 0.331 e. The number of carbonyl (C=O) groups is 2. The van der Waals surface area contributed by atoms with Crippen LogP contribution in [0.4, 0.5) is 11.4 Å². The van der Waals surface area contributed by atoms with E-state index in [1.165, 1.54) is 24.6 Å². The molecule has 1 aliphatic heterocycles. The SMILES string of the molecule is COc1ccc(/C=C/C(=O)OCC(=O)Nc2ccc(N3CCCC3)cc2C)cc1. The first-order chi connectivity index (χ1) is 14.0. The van der Waals surface area contributed by atoms with Crippen LogP contribution in [0.25, 0.3) is 6.08 Å². The molecule has 152 valence electrons. The molecule has 0 bridgehead atoms. The molecule has 6 nitrogen and oxygen atoms in total. The molecule has 1 amide bonds. The Morgan fingerprint density at radius 2 is 1.83 bits per heavy atom. The molecule has 3 rings (SSSR count). The Bertz CT molecular complexity index is 884. The number of nitrogens with one attached hydrogen (secondary N) is 1. The van der Waals surface area contributed by atoms with Gasteiger partial charge in [-0.2, -0.15) is 0 Å². The lowest BCUT2D eigenvalue weighted by Crippen LogP contribution is -2.21. The van der Waals surface area contributed by atoms with Crippen molar-refractivity contribution in [2.45, 2.75) is 19.8 Å². The molecule has 0 radical (unpaired) electrons. The van der Waals surface area contributed by atoms with E-state index < -0.39 is 5.97 Å². The molecular formula is C23H26N2O4. The molecule has 1 fully saturated rings. The molecule has 1 aliphatic rings. The van der Waals surface area contributed by atoms with E-state index in [-0.39, 0.29) is 12.5 Å². The van der Waals surface area contributed by atoms with E-state index in [1.54, 1.807) is 25.3 Å². The number of hydrogen-bond acceptors (Lipinski definition) is 5. The van der Waals surface area contributed by atoms with Gasteiger partial charge in [0.1, 0.15) is 5.75 Å². The molecule has 2 aromatic rings. The number of nitrogens with zero attached hydrogens (tertiary/aromatic N) is 1. The van der Waals surface area contributed by atoms with Crippen LogP contribution in [0.5, 0.6) is 5.75 Å². The molecule has 29 heavy (non-hydrogen) atoms. The molecule has 6 heteroatoms. The van der Waals surface area contributed by atoms with Crippen molar-refractivity contribution in [2.75, 3.05) is 37.0 Å². The van der Waals surface area contributed by atoms with E-state index >= 15 is 0 Å². The van der Waals surface area contributed by atoms with Gasteiger partial charge in [-0.25, -0.2) is 4.79 Å². The Balaban J connectivity index is 1.47. The monoisotopic (exact) mass is 394 g/mol. The van der Waals surface area contributed by atoms with E-state index in [4.69, 9.17) is 9.47 Å². The molecular weight excluding hydrogens is 368 g/mol. The largest absolute Gasteiger partial charge is 0.497 e. The second-order valence-electron chi connectivity index (χ2n) is 6.96. The van der Waals surface area contributed by atoms with Gasteiger partial charge in [-0.1, -0.05) is 12.1 Å². The van der Waals surface area contributed by atoms with Gasteiger partial charge in [0.25, 0.3) is 5.91 Å². The predicted molar refractivity (Wildman–Crippen MR) is 114 cm³/mol. The highest BCUT2D eigenvalue weighted by Gasteiger charge is 2.14. The van der Waals surface area contributed by atoms with Crippen molar-refractivity contribution in [3.05, 3.63) is 59.7 Å². The second-order valence-corrected chi connectivity index (χ2v) is 6.96. The second kappa shape index (κ2) is 9.78. The molecule has 0 saturated carbocycles. The fourth-order valence-electron chi connectivity index (χ4n) is 3.21. The molecule has 0 aromatic heterocycles. The number of methoxy groups -OCH3 is 1. The minimum atomic E-state index is -0.572. The zero-order valence-corrected chi connectivity index (χ0v) is 16.8. The standard InChI is InChI=1S/C23H26N2O4/c1-17-15-19(25-13-3-4-14-25)8-11-21(17)24-22(26)16-29-23(27)12-7-18-5-9-20(28-2)10-6-18/h5-12,15H,3-4,13-14,16H2,1-2H3,(H,24,26)/b12-7+. The van der Waals surface area contributed by atoms with Crippen LogP contribution in [-0.2, 0) is 14.3 Å². The van der Waals surface area contributed by atoms with Gasteiger partial charge in [0, 0.05) is 30.5 Å². The normalized spacial score (nSPS) is 13.5. The van der Waals surface area contributed by atoms with Crippen LogP contribution in [-0.4, -0.2) is 38.7 Å². The summed E-state index contributed by atoms with van der Waals surface area (Å²) in [5.41, 5.74) is 3.71. The Hall–Kier alpha value is -3.28. The Labute approximate surface area is 171 Å². The summed E-state index contributed by atoms with van der Waals surface area (Å²) in [6.45, 7) is 3.77. The maximum absolute atomic E-state index is 12.1. The van der Waals surface area contributed by atoms with Crippen molar-refractivity contribution in [1.29, 1.82) is 0 Å². The van der Waals surface area contributed by atoms with Crippen LogP contribution in [0.2, 0.25) is 0 Å². The molecule has 1 N–H and O–H groups in total. The first-order valence-electron chi connectivity index (χ1n) is 9.69. The van der Waals surface area contributed by atoms with Crippen molar-refractivity contribution < 1.29 is 19.1 Å². The fraction of sp³-hybridized carbons (Fsp3) is 0.304. The highest BCUT2D eigenvalue weighted by molar-refractivity contribution is 5.95. The average Bonchev–Trinajstić information content (AvgIpc) is 3.27. The first kappa shape index (κ1) is 20.5. The van der Waals surface area contributed by atoms with Crippen molar-refractivity contribution in [2.24, 2.45) is 0 Å². The van der Waals surface area contributed by atoms with Crippen molar-refractivity contribution in [3.63, 3.8) is 0 Å². The van der Waals surface area contributed by atoms with Crippen LogP contribution >= 0.6 is 0 Å². The summed E-state index contributed by atoms with van der Waals surface area (Å²) in [6, 6.07) is 13.2. The highest BCUT2D eigenvalue weighted by Crippen LogP contribution is 2.25. The number of esters is 1. The third-order valence-corrected chi connectivity index (χ3v) is 4.83. The smallest absolute Gasteiger partial charge is 0.331 e.